The van der Waals surface area contributed by atoms with Crippen LogP contribution in [0.25, 0.3) is 11.0 Å². The molecular formula is C18H20F3N7O3. The van der Waals surface area contributed by atoms with Crippen molar-refractivity contribution in [3.63, 3.8) is 0 Å². The van der Waals surface area contributed by atoms with Crippen LogP contribution in [0.3, 0.4) is 0 Å². The minimum Gasteiger partial charge on any atom is -0.345 e. The Morgan fingerprint density at radius 1 is 1.23 bits per heavy atom. The van der Waals surface area contributed by atoms with Crippen molar-refractivity contribution in [2.75, 3.05) is 19.4 Å². The zero-order chi connectivity index (χ0) is 22.8. The maximum Gasteiger partial charge on any atom is 0.416 e. The van der Waals surface area contributed by atoms with Crippen LogP contribution in [0, 0.1) is 0 Å². The van der Waals surface area contributed by atoms with Gasteiger partial charge in [0.25, 0.3) is 5.91 Å². The topological polar surface area (TPSA) is 129 Å². The van der Waals surface area contributed by atoms with Crippen LogP contribution in [0.1, 0.15) is 27.7 Å². The van der Waals surface area contributed by atoms with Crippen molar-refractivity contribution >= 4 is 22.6 Å². The quantitative estimate of drug-likeness (QED) is 0.245. The SMILES string of the molecule is CNNC(c1cccc(NC(=O)c2cc(C(F)(F)F)cc3[nH]cnc23)c1)N(O)N(C)O. The predicted octanol–water partition coefficient (Wildman–Crippen LogP) is 2.48. The van der Waals surface area contributed by atoms with Crippen molar-refractivity contribution in [3.05, 3.63) is 59.4 Å². The van der Waals surface area contributed by atoms with E-state index in [4.69, 9.17) is 0 Å². The van der Waals surface area contributed by atoms with Crippen LogP contribution in [0.4, 0.5) is 18.9 Å². The Morgan fingerprint density at radius 3 is 2.61 bits per heavy atom. The van der Waals surface area contributed by atoms with Crippen molar-refractivity contribution in [2.45, 2.75) is 12.3 Å². The van der Waals surface area contributed by atoms with E-state index in [0.717, 1.165) is 12.1 Å². The zero-order valence-electron chi connectivity index (χ0n) is 16.4. The van der Waals surface area contributed by atoms with Crippen molar-refractivity contribution < 1.29 is 28.4 Å². The number of nitrogens with zero attached hydrogens (tertiary/aromatic N) is 3. The molecule has 166 valence electrons. The molecule has 10 nitrogen and oxygen atoms in total. The number of fused-ring (bicyclic) bond motifs is 1. The second kappa shape index (κ2) is 8.97. The molecule has 0 aliphatic carbocycles. The normalized spacial score (nSPS) is 13.2. The van der Waals surface area contributed by atoms with Gasteiger partial charge in [0, 0.05) is 12.7 Å². The fraction of sp³-hybridized carbons (Fsp3) is 0.222. The number of aromatic nitrogens is 2. The molecule has 0 saturated heterocycles. The number of imidazole rings is 1. The van der Waals surface area contributed by atoms with E-state index >= 15 is 0 Å². The van der Waals surface area contributed by atoms with Crippen molar-refractivity contribution in [2.24, 2.45) is 0 Å². The van der Waals surface area contributed by atoms with Crippen LogP contribution in [-0.4, -0.2) is 50.7 Å². The van der Waals surface area contributed by atoms with Crippen LogP contribution < -0.4 is 16.2 Å². The first-order valence-corrected chi connectivity index (χ1v) is 8.90. The highest BCUT2D eigenvalue weighted by Crippen LogP contribution is 2.32. The summed E-state index contributed by atoms with van der Waals surface area (Å²) < 4.78 is 39.6. The molecule has 1 aromatic heterocycles. The molecule has 3 aromatic rings. The monoisotopic (exact) mass is 439 g/mol. The Hall–Kier alpha value is -3.07. The van der Waals surface area contributed by atoms with Gasteiger partial charge in [-0.15, -0.1) is 5.17 Å². The molecule has 6 N–H and O–H groups in total. The molecule has 0 radical (unpaired) electrons. The molecule has 1 amide bonds. The van der Waals surface area contributed by atoms with E-state index in [9.17, 15) is 28.4 Å². The maximum atomic E-state index is 13.2. The number of hydroxylamine groups is 2. The molecule has 2 aromatic carbocycles. The fourth-order valence-electron chi connectivity index (χ4n) is 2.95. The van der Waals surface area contributed by atoms with E-state index in [1.54, 1.807) is 19.2 Å². The summed E-state index contributed by atoms with van der Waals surface area (Å²) in [6.07, 6.45) is -4.39. The van der Waals surface area contributed by atoms with Crippen LogP contribution in [0.2, 0.25) is 0 Å². The number of hydrogen-bond donors (Lipinski definition) is 6. The Balaban J connectivity index is 1.93. The Morgan fingerprint density at radius 2 is 1.97 bits per heavy atom. The summed E-state index contributed by atoms with van der Waals surface area (Å²) in [6, 6.07) is 7.80. The Kier molecular flexibility index (Phi) is 6.54. The molecule has 0 fully saturated rings. The number of carbonyl (C=O) groups is 1. The number of hydrazine groups is 2. The molecule has 0 aliphatic rings. The van der Waals surface area contributed by atoms with E-state index in [1.807, 2.05) is 0 Å². The van der Waals surface area contributed by atoms with Crippen LogP contribution in [0.15, 0.2) is 42.7 Å². The smallest absolute Gasteiger partial charge is 0.345 e. The largest absolute Gasteiger partial charge is 0.416 e. The fourth-order valence-corrected chi connectivity index (χ4v) is 2.95. The van der Waals surface area contributed by atoms with Gasteiger partial charge >= 0.3 is 6.18 Å². The van der Waals surface area contributed by atoms with Crippen molar-refractivity contribution in [3.8, 4) is 0 Å². The minimum absolute atomic E-state index is 0.0777. The number of amides is 1. The third kappa shape index (κ3) is 4.99. The van der Waals surface area contributed by atoms with E-state index in [-0.39, 0.29) is 22.3 Å². The molecule has 0 bridgehead atoms. The predicted molar refractivity (Wildman–Crippen MR) is 104 cm³/mol. The third-order valence-corrected chi connectivity index (χ3v) is 4.36. The number of halogens is 3. The second-order valence-corrected chi connectivity index (χ2v) is 6.51. The number of alkyl halides is 3. The van der Waals surface area contributed by atoms with Gasteiger partial charge in [0.05, 0.1) is 23.0 Å². The number of H-pyrrole nitrogens is 1. The van der Waals surface area contributed by atoms with Gasteiger partial charge in [0.1, 0.15) is 11.7 Å². The van der Waals surface area contributed by atoms with E-state index < -0.39 is 23.8 Å². The first-order valence-electron chi connectivity index (χ1n) is 8.90. The van der Waals surface area contributed by atoms with Crippen molar-refractivity contribution in [1.82, 2.24) is 31.2 Å². The van der Waals surface area contributed by atoms with E-state index in [1.165, 1.54) is 25.5 Å². The summed E-state index contributed by atoms with van der Waals surface area (Å²) in [5, 5.41) is 23.0. The Labute approximate surface area is 174 Å². The number of nitrogens with one attached hydrogen (secondary N) is 4. The third-order valence-electron chi connectivity index (χ3n) is 4.36. The highest BCUT2D eigenvalue weighted by molar-refractivity contribution is 6.11. The van der Waals surface area contributed by atoms with Crippen LogP contribution >= 0.6 is 0 Å². The average molecular weight is 439 g/mol. The van der Waals surface area contributed by atoms with Crippen LogP contribution in [0.5, 0.6) is 0 Å². The summed E-state index contributed by atoms with van der Waals surface area (Å²) >= 11 is 0. The molecule has 1 unspecified atom stereocenters. The number of hydrogen-bond acceptors (Lipinski definition) is 8. The lowest BCUT2D eigenvalue weighted by Gasteiger charge is -2.29. The average Bonchev–Trinajstić information content (AvgIpc) is 3.19. The van der Waals surface area contributed by atoms with E-state index in [0.29, 0.717) is 15.9 Å². The highest BCUT2D eigenvalue weighted by Gasteiger charge is 2.32. The summed E-state index contributed by atoms with van der Waals surface area (Å²) in [7, 11) is 2.74. The van der Waals surface area contributed by atoms with Gasteiger partial charge in [-0.25, -0.2) is 10.4 Å². The molecule has 31 heavy (non-hydrogen) atoms. The molecule has 3 rings (SSSR count). The first-order chi connectivity index (χ1) is 14.6. The first kappa shape index (κ1) is 22.6. The lowest BCUT2D eigenvalue weighted by molar-refractivity contribution is -0.379. The maximum absolute atomic E-state index is 13.2. The Bertz CT molecular complexity index is 1070. The lowest BCUT2D eigenvalue weighted by atomic mass is 10.1. The molecule has 0 spiro atoms. The number of carbonyl (C=O) groups excluding carboxylic acids is 1. The molecular weight excluding hydrogens is 419 g/mol. The zero-order valence-corrected chi connectivity index (χ0v) is 16.4. The van der Waals surface area contributed by atoms with Gasteiger partial charge in [-0.05, 0) is 36.9 Å². The summed E-state index contributed by atoms with van der Waals surface area (Å²) in [6.45, 7) is 0. The van der Waals surface area contributed by atoms with Gasteiger partial charge in [-0.3, -0.25) is 20.6 Å². The standard InChI is InChI=1S/C18H20F3N7O3/c1-22-26-16(28(31)27(2)30)10-4-3-5-12(6-10)25-17(29)13-7-11(18(19,20)21)8-14-15(13)24-9-23-14/h3-9,16,22,26,30-31H,1-2H3,(H,23,24)(H,25,29). The molecule has 1 heterocycles. The number of aromatic amines is 1. The van der Waals surface area contributed by atoms with Gasteiger partial charge in [0.15, 0.2) is 0 Å². The number of anilines is 1. The molecule has 0 aliphatic heterocycles. The van der Waals surface area contributed by atoms with Crippen molar-refractivity contribution in [1.29, 1.82) is 0 Å². The summed E-state index contributed by atoms with van der Waals surface area (Å²) in [5.74, 6) is -0.793. The summed E-state index contributed by atoms with van der Waals surface area (Å²) in [4.78, 5) is 19.3. The van der Waals surface area contributed by atoms with E-state index in [2.05, 4.69) is 26.1 Å². The summed E-state index contributed by atoms with van der Waals surface area (Å²) in [5.41, 5.74) is 4.95. The van der Waals surface area contributed by atoms with Gasteiger partial charge in [-0.2, -0.15) is 13.2 Å². The van der Waals surface area contributed by atoms with Gasteiger partial charge in [-0.1, -0.05) is 17.3 Å². The second-order valence-electron chi connectivity index (χ2n) is 6.51. The molecule has 1 atom stereocenters. The van der Waals surface area contributed by atoms with Gasteiger partial charge in [0.2, 0.25) is 0 Å². The molecule has 13 heteroatoms. The number of benzene rings is 2. The van der Waals surface area contributed by atoms with Gasteiger partial charge < -0.3 is 10.3 Å². The lowest BCUT2D eigenvalue weighted by Crippen LogP contribution is -2.47. The highest BCUT2D eigenvalue weighted by atomic mass is 19.4. The van der Waals surface area contributed by atoms with Crippen LogP contribution in [-0.2, 0) is 6.18 Å². The minimum atomic E-state index is -4.64. The molecule has 0 saturated carbocycles. The number of rotatable bonds is 7.